The molecule has 0 aliphatic heterocycles. The molecule has 0 aliphatic carbocycles. The normalized spacial score (nSPS) is 0. The Hall–Kier alpha value is 1.94. The van der Waals surface area contributed by atoms with Crippen molar-refractivity contribution in [2.24, 2.45) is 0 Å². The van der Waals surface area contributed by atoms with Gasteiger partial charge >= 0.3 is 27.3 Å². The molecule has 0 N–H and O–H groups in total. The summed E-state index contributed by atoms with van der Waals surface area (Å²) < 4.78 is 0. The van der Waals surface area contributed by atoms with E-state index in [9.17, 15) is 0 Å². The van der Waals surface area contributed by atoms with E-state index in [-0.39, 0.29) is 68.3 Å². The van der Waals surface area contributed by atoms with Gasteiger partial charge in [0.05, 0.1) is 0 Å². The molecule has 0 heterocycles. The van der Waals surface area contributed by atoms with Crippen LogP contribution in [0.3, 0.4) is 0 Å². The van der Waals surface area contributed by atoms with Crippen LogP contribution in [0.5, 0.6) is 0 Å². The Bertz CT molecular complexity index is 8.00. The summed E-state index contributed by atoms with van der Waals surface area (Å²) in [5.74, 6) is 0. The second-order valence-corrected chi connectivity index (χ2v) is 0. The fraction of sp³-hybridized carbons (Fsp3) is 1.00. The molecule has 0 saturated carbocycles. The van der Waals surface area contributed by atoms with E-state index in [2.05, 4.69) is 0 Å². The predicted molar refractivity (Wildman–Crippen MR) is 15.3 cm³/mol. The first-order chi connectivity index (χ1) is 0. The standard InChI is InChI=1S/CH4.Mn.Ni.Pb.2H/h1H4;;;;;. The third-order valence-electron chi connectivity index (χ3n) is 0. The molecule has 3 heteroatoms. The maximum atomic E-state index is 0. The first-order valence-corrected chi connectivity index (χ1v) is 0. The van der Waals surface area contributed by atoms with Gasteiger partial charge in [0.15, 0.2) is 0 Å². The molecule has 4 heavy (non-hydrogen) atoms. The molecule has 0 amide bonds. The van der Waals surface area contributed by atoms with Crippen LogP contribution in [-0.4, -0.2) is 27.3 Å². The summed E-state index contributed by atoms with van der Waals surface area (Å²) in [5, 5.41) is 0. The van der Waals surface area contributed by atoms with E-state index in [4.69, 9.17) is 0 Å². The SMILES string of the molecule is C.[Mn].[Ni].[PbH2]. The Morgan fingerprint density at radius 1 is 1.00 bits per heavy atom. The molecular weight excluding hydrogens is 333 g/mol. The number of rotatable bonds is 0. The summed E-state index contributed by atoms with van der Waals surface area (Å²) in [6, 6.07) is 0. The van der Waals surface area contributed by atoms with Gasteiger partial charge in [0.25, 0.3) is 0 Å². The van der Waals surface area contributed by atoms with Crippen molar-refractivity contribution in [1.29, 1.82) is 0 Å². The van der Waals surface area contributed by atoms with Crippen LogP contribution in [0, 0.1) is 0 Å². The molecule has 0 bridgehead atoms. The summed E-state index contributed by atoms with van der Waals surface area (Å²) in [4.78, 5) is 0. The van der Waals surface area contributed by atoms with Crippen molar-refractivity contribution in [2.75, 3.05) is 0 Å². The van der Waals surface area contributed by atoms with Crippen molar-refractivity contribution >= 4 is 27.3 Å². The Kier molecular flexibility index (Phi) is 197. The average molecular weight is 339 g/mol. The molecule has 0 aromatic rings. The molecule has 0 spiro atoms. The Labute approximate surface area is 67.7 Å². The monoisotopic (exact) mass is 339 g/mol. The molecule has 0 rings (SSSR count). The van der Waals surface area contributed by atoms with E-state index in [1.54, 1.807) is 0 Å². The third kappa shape index (κ3) is 9.05. The summed E-state index contributed by atoms with van der Waals surface area (Å²) in [6.45, 7) is 0. The van der Waals surface area contributed by atoms with Gasteiger partial charge in [0.1, 0.15) is 0 Å². The molecule has 0 aromatic heterocycles. The van der Waals surface area contributed by atoms with Crippen molar-refractivity contribution < 1.29 is 33.6 Å². The molecule has 0 aliphatic rings. The Morgan fingerprint density at radius 2 is 1.00 bits per heavy atom. The minimum atomic E-state index is 0. The van der Waals surface area contributed by atoms with Crippen LogP contribution in [-0.2, 0) is 33.6 Å². The fourth-order valence-electron chi connectivity index (χ4n) is 0. The molecule has 0 unspecified atom stereocenters. The molecule has 31 valence electrons. The van der Waals surface area contributed by atoms with Crippen LogP contribution >= 0.6 is 0 Å². The van der Waals surface area contributed by atoms with E-state index >= 15 is 0 Å². The topological polar surface area (TPSA) is 0 Å². The van der Waals surface area contributed by atoms with Crippen molar-refractivity contribution in [3.8, 4) is 0 Å². The van der Waals surface area contributed by atoms with Crippen LogP contribution in [0.4, 0.5) is 0 Å². The van der Waals surface area contributed by atoms with E-state index in [1.807, 2.05) is 0 Å². The van der Waals surface area contributed by atoms with Crippen LogP contribution < -0.4 is 0 Å². The minimum absolute atomic E-state index is 0. The third-order valence-corrected chi connectivity index (χ3v) is 0. The zero-order valence-electron chi connectivity index (χ0n) is 1.40. The summed E-state index contributed by atoms with van der Waals surface area (Å²) in [6.07, 6.45) is 0. The van der Waals surface area contributed by atoms with Gasteiger partial charge in [-0.1, -0.05) is 7.43 Å². The van der Waals surface area contributed by atoms with Crippen molar-refractivity contribution in [3.63, 3.8) is 0 Å². The molecule has 0 fully saturated rings. The molecule has 0 atom stereocenters. The van der Waals surface area contributed by atoms with Crippen molar-refractivity contribution in [1.82, 2.24) is 0 Å². The van der Waals surface area contributed by atoms with Crippen LogP contribution in [0.2, 0.25) is 0 Å². The van der Waals surface area contributed by atoms with Gasteiger partial charge in [-0.05, 0) is 0 Å². The number of hydrogen-bond donors (Lipinski definition) is 0. The van der Waals surface area contributed by atoms with Crippen LogP contribution in [0.15, 0.2) is 0 Å². The van der Waals surface area contributed by atoms with Gasteiger partial charge in [0, 0.05) is 33.6 Å². The van der Waals surface area contributed by atoms with Gasteiger partial charge in [-0.2, -0.15) is 0 Å². The quantitative estimate of drug-likeness (QED) is 0.533. The van der Waals surface area contributed by atoms with Gasteiger partial charge < -0.3 is 0 Å². The Morgan fingerprint density at radius 3 is 1.00 bits per heavy atom. The zero-order chi connectivity index (χ0) is 0. The van der Waals surface area contributed by atoms with Crippen molar-refractivity contribution in [2.45, 2.75) is 7.43 Å². The summed E-state index contributed by atoms with van der Waals surface area (Å²) >= 11 is 0. The van der Waals surface area contributed by atoms with E-state index in [0.29, 0.717) is 0 Å². The average Bonchev–Trinajstić information content (AvgIpc) is 0. The number of hydrogen-bond acceptors (Lipinski definition) is 0. The fourth-order valence-corrected chi connectivity index (χ4v) is 0. The van der Waals surface area contributed by atoms with Crippen LogP contribution in [0.1, 0.15) is 7.43 Å². The second-order valence-electron chi connectivity index (χ2n) is 0. The molecule has 0 aromatic carbocycles. The van der Waals surface area contributed by atoms with Gasteiger partial charge in [0.2, 0.25) is 0 Å². The van der Waals surface area contributed by atoms with E-state index in [1.165, 1.54) is 0 Å². The predicted octanol–water partition coefficient (Wildman–Crippen LogP) is -0.285. The molecule has 0 saturated heterocycles. The summed E-state index contributed by atoms with van der Waals surface area (Å²) in [7, 11) is 0. The molecular formula is CH6MnNiPb. The first kappa shape index (κ1) is 38.6. The van der Waals surface area contributed by atoms with E-state index < -0.39 is 0 Å². The summed E-state index contributed by atoms with van der Waals surface area (Å²) in [5.41, 5.74) is 0. The second kappa shape index (κ2) is 20.4. The van der Waals surface area contributed by atoms with Crippen LogP contribution in [0.25, 0.3) is 0 Å². The van der Waals surface area contributed by atoms with E-state index in [0.717, 1.165) is 0 Å². The molecule has 0 nitrogen and oxygen atoms in total. The first-order valence-electron chi connectivity index (χ1n) is 0. The van der Waals surface area contributed by atoms with Gasteiger partial charge in [-0.25, -0.2) is 0 Å². The van der Waals surface area contributed by atoms with Gasteiger partial charge in [-0.3, -0.25) is 0 Å². The molecule has 3 radical (unpaired) electrons. The zero-order valence-corrected chi connectivity index (χ0v) is 9.07. The van der Waals surface area contributed by atoms with Gasteiger partial charge in [-0.15, -0.1) is 0 Å². The maximum absolute atomic E-state index is 0. The van der Waals surface area contributed by atoms with Crippen molar-refractivity contribution in [3.05, 3.63) is 0 Å². The Balaban J connectivity index is 0.